The molecule has 0 aliphatic carbocycles. The molecule has 3 aromatic heterocycles. The Labute approximate surface area is 189 Å². The van der Waals surface area contributed by atoms with Gasteiger partial charge in [0.05, 0.1) is 37.7 Å². The van der Waals surface area contributed by atoms with E-state index in [2.05, 4.69) is 25.3 Å². The third-order valence-corrected chi connectivity index (χ3v) is 5.11. The summed E-state index contributed by atoms with van der Waals surface area (Å²) in [7, 11) is 3.17. The first-order valence-electron chi connectivity index (χ1n) is 10.2. The summed E-state index contributed by atoms with van der Waals surface area (Å²) in [5.41, 5.74) is 4.28. The van der Waals surface area contributed by atoms with Gasteiger partial charge in [-0.2, -0.15) is 5.10 Å². The summed E-state index contributed by atoms with van der Waals surface area (Å²) in [5, 5.41) is 13.7. The Balaban J connectivity index is 1.34. The van der Waals surface area contributed by atoms with E-state index >= 15 is 0 Å². The topological polar surface area (TPSA) is 101 Å². The van der Waals surface area contributed by atoms with Gasteiger partial charge >= 0.3 is 0 Å². The van der Waals surface area contributed by atoms with E-state index in [0.717, 1.165) is 16.6 Å². The van der Waals surface area contributed by atoms with Gasteiger partial charge in [0.2, 0.25) is 0 Å². The number of aromatic nitrogens is 6. The Morgan fingerprint density at radius 3 is 2.61 bits per heavy atom. The lowest BCUT2D eigenvalue weighted by atomic mass is 10.2. The number of nitrogens with zero attached hydrogens (tertiary/aromatic N) is 7. The Hall–Kier alpha value is -4.47. The first-order chi connectivity index (χ1) is 16.2. The van der Waals surface area contributed by atoms with Crippen molar-refractivity contribution < 1.29 is 14.3 Å². The fourth-order valence-electron chi connectivity index (χ4n) is 3.43. The minimum atomic E-state index is 0.110. The van der Waals surface area contributed by atoms with Crippen LogP contribution >= 0.6 is 0 Å². The van der Waals surface area contributed by atoms with Crippen molar-refractivity contribution in [2.75, 3.05) is 14.2 Å². The van der Waals surface area contributed by atoms with E-state index in [4.69, 9.17) is 14.3 Å². The number of hydrogen-bond acceptors (Lipinski definition) is 8. The Morgan fingerprint density at radius 1 is 1.00 bits per heavy atom. The van der Waals surface area contributed by atoms with Gasteiger partial charge in [0.1, 0.15) is 6.33 Å². The highest BCUT2D eigenvalue weighted by molar-refractivity contribution is 5.89. The minimum Gasteiger partial charge on any atom is -0.493 e. The molecule has 2 aromatic carbocycles. The van der Waals surface area contributed by atoms with Crippen LogP contribution in [-0.2, 0) is 11.4 Å². The second-order valence-corrected chi connectivity index (χ2v) is 7.29. The smallest absolute Gasteiger partial charge is 0.192 e. The van der Waals surface area contributed by atoms with E-state index in [9.17, 15) is 0 Å². The zero-order chi connectivity index (χ0) is 22.8. The molecular weight excluding hydrogens is 422 g/mol. The van der Waals surface area contributed by atoms with Crippen LogP contribution in [0.5, 0.6) is 11.5 Å². The van der Waals surface area contributed by atoms with Gasteiger partial charge in [-0.3, -0.25) is 0 Å². The molecule has 0 spiro atoms. The first-order valence-corrected chi connectivity index (χ1v) is 10.2. The summed E-state index contributed by atoms with van der Waals surface area (Å²) < 4.78 is 13.9. The lowest BCUT2D eigenvalue weighted by Crippen LogP contribution is -1.99. The summed E-state index contributed by atoms with van der Waals surface area (Å²) in [6, 6.07) is 13.6. The van der Waals surface area contributed by atoms with E-state index < -0.39 is 0 Å². The van der Waals surface area contributed by atoms with Gasteiger partial charge in [-0.1, -0.05) is 22.9 Å². The number of fused-ring (bicyclic) bond motifs is 3. The number of ether oxygens (including phenoxy) is 2. The van der Waals surface area contributed by atoms with E-state index in [1.165, 1.54) is 5.56 Å². The van der Waals surface area contributed by atoms with Gasteiger partial charge in [0.15, 0.2) is 35.2 Å². The molecule has 0 atom stereocenters. The van der Waals surface area contributed by atoms with E-state index in [1.54, 1.807) is 48.2 Å². The quantitative estimate of drug-likeness (QED) is 0.281. The van der Waals surface area contributed by atoms with Crippen molar-refractivity contribution in [3.8, 4) is 17.2 Å². The highest BCUT2D eigenvalue weighted by Gasteiger charge is 2.13. The van der Waals surface area contributed by atoms with Crippen molar-refractivity contribution in [2.24, 2.45) is 5.16 Å². The molecule has 5 rings (SSSR count). The molecule has 0 saturated heterocycles. The van der Waals surface area contributed by atoms with E-state index in [-0.39, 0.29) is 6.61 Å². The summed E-state index contributed by atoms with van der Waals surface area (Å²) in [5.74, 6) is 1.75. The van der Waals surface area contributed by atoms with Crippen LogP contribution in [0.3, 0.4) is 0 Å². The normalized spacial score (nSPS) is 11.5. The van der Waals surface area contributed by atoms with Crippen LogP contribution in [0.2, 0.25) is 0 Å². The molecule has 0 bridgehead atoms. The molecule has 10 nitrogen and oxygen atoms in total. The van der Waals surface area contributed by atoms with Crippen molar-refractivity contribution in [2.45, 2.75) is 13.5 Å². The predicted octanol–water partition coefficient (Wildman–Crippen LogP) is 3.34. The molecule has 0 aliphatic heterocycles. The third-order valence-electron chi connectivity index (χ3n) is 5.11. The molecule has 0 amide bonds. The number of benzene rings is 2. The molecular formula is C23H21N7O3. The summed E-state index contributed by atoms with van der Waals surface area (Å²) >= 11 is 0. The Bertz CT molecular complexity index is 1450. The van der Waals surface area contributed by atoms with Crippen LogP contribution in [0.4, 0.5) is 0 Å². The van der Waals surface area contributed by atoms with Gasteiger partial charge in [-0.05, 0) is 37.3 Å². The number of aryl methyl sites for hydroxylation is 1. The average Bonchev–Trinajstić information content (AvgIpc) is 3.46. The van der Waals surface area contributed by atoms with Gasteiger partial charge in [0, 0.05) is 5.56 Å². The minimum absolute atomic E-state index is 0.110. The largest absolute Gasteiger partial charge is 0.493 e. The second kappa shape index (κ2) is 8.58. The van der Waals surface area contributed by atoms with Crippen LogP contribution < -0.4 is 9.47 Å². The van der Waals surface area contributed by atoms with E-state index in [0.29, 0.717) is 28.6 Å². The van der Waals surface area contributed by atoms with Gasteiger partial charge in [-0.15, -0.1) is 5.10 Å². The molecule has 10 heteroatoms. The Morgan fingerprint density at radius 2 is 1.82 bits per heavy atom. The average molecular weight is 443 g/mol. The fourth-order valence-corrected chi connectivity index (χ4v) is 3.43. The monoisotopic (exact) mass is 443 g/mol. The van der Waals surface area contributed by atoms with Crippen molar-refractivity contribution in [3.05, 3.63) is 71.9 Å². The lowest BCUT2D eigenvalue weighted by Gasteiger charge is -2.07. The van der Waals surface area contributed by atoms with Gasteiger partial charge < -0.3 is 14.3 Å². The maximum Gasteiger partial charge on any atom is 0.192 e. The number of oxime groups is 1. The van der Waals surface area contributed by atoms with Crippen LogP contribution in [0, 0.1) is 6.92 Å². The van der Waals surface area contributed by atoms with Gasteiger partial charge in [-0.25, -0.2) is 19.2 Å². The third kappa shape index (κ3) is 3.93. The molecule has 0 saturated carbocycles. The lowest BCUT2D eigenvalue weighted by molar-refractivity contribution is 0.126. The zero-order valence-electron chi connectivity index (χ0n) is 18.3. The van der Waals surface area contributed by atoms with Crippen molar-refractivity contribution >= 4 is 22.9 Å². The summed E-state index contributed by atoms with van der Waals surface area (Å²) in [6.07, 6.45) is 4.95. The van der Waals surface area contributed by atoms with Gasteiger partial charge in [0.25, 0.3) is 0 Å². The Kier molecular flexibility index (Phi) is 5.31. The second-order valence-electron chi connectivity index (χ2n) is 7.29. The summed E-state index contributed by atoms with van der Waals surface area (Å²) in [4.78, 5) is 14.5. The van der Waals surface area contributed by atoms with Crippen LogP contribution in [-0.4, -0.2) is 49.8 Å². The van der Waals surface area contributed by atoms with Crippen LogP contribution in [0.25, 0.3) is 22.4 Å². The molecule has 0 aliphatic rings. The fraction of sp³-hybridized carbons (Fsp3) is 0.174. The van der Waals surface area contributed by atoms with Crippen molar-refractivity contribution in [1.82, 2.24) is 29.4 Å². The summed E-state index contributed by atoms with van der Waals surface area (Å²) in [6.45, 7) is 2.16. The zero-order valence-corrected chi connectivity index (χ0v) is 18.3. The number of hydrogen-bond donors (Lipinski definition) is 0. The molecule has 0 unspecified atom stereocenters. The molecule has 3 heterocycles. The van der Waals surface area contributed by atoms with Crippen LogP contribution in [0.15, 0.2) is 60.1 Å². The molecule has 0 fully saturated rings. The van der Waals surface area contributed by atoms with Crippen molar-refractivity contribution in [3.63, 3.8) is 0 Å². The maximum atomic E-state index is 5.40. The SMILES string of the molecule is COc1ccc(C=NOCc2nc3c4cnn(-c5ccc(C)cc5)c4ncn3n2)cc1OC. The standard InChI is InChI=1S/C23H21N7O3/c1-15-4-7-17(8-5-15)30-22-18(12-25-30)23-27-21(28-29(23)14-24-22)13-33-26-11-16-6-9-19(31-2)20(10-16)32-3/h4-12,14H,13H2,1-3H3. The number of methoxy groups -OCH3 is 2. The van der Waals surface area contributed by atoms with Crippen molar-refractivity contribution in [1.29, 1.82) is 0 Å². The first kappa shape index (κ1) is 20.4. The highest BCUT2D eigenvalue weighted by Crippen LogP contribution is 2.27. The molecule has 166 valence electrons. The number of rotatable bonds is 7. The highest BCUT2D eigenvalue weighted by atomic mass is 16.6. The molecule has 5 aromatic rings. The predicted molar refractivity (Wildman–Crippen MR) is 122 cm³/mol. The molecule has 0 N–H and O–H groups in total. The van der Waals surface area contributed by atoms with E-state index in [1.807, 2.05) is 43.3 Å². The molecule has 0 radical (unpaired) electrons. The van der Waals surface area contributed by atoms with Crippen LogP contribution in [0.1, 0.15) is 17.0 Å². The molecule has 33 heavy (non-hydrogen) atoms. The maximum absolute atomic E-state index is 5.40.